The van der Waals surface area contributed by atoms with Gasteiger partial charge in [0.05, 0.1) is 0 Å². The van der Waals surface area contributed by atoms with Crippen LogP contribution in [0, 0.1) is 5.92 Å². The lowest BCUT2D eigenvalue weighted by Crippen LogP contribution is -2.58. The van der Waals surface area contributed by atoms with Crippen molar-refractivity contribution in [1.82, 2.24) is 4.90 Å². The van der Waals surface area contributed by atoms with Crippen molar-refractivity contribution in [2.45, 2.75) is 56.5 Å². The van der Waals surface area contributed by atoms with Crippen LogP contribution in [0.3, 0.4) is 0 Å². The zero-order chi connectivity index (χ0) is 9.60. The van der Waals surface area contributed by atoms with Gasteiger partial charge in [-0.25, -0.2) is 0 Å². The molecule has 14 heavy (non-hydrogen) atoms. The summed E-state index contributed by atoms with van der Waals surface area (Å²) in [5, 5.41) is 0. The smallest absolute Gasteiger partial charge is 0.0316 e. The molecule has 3 aliphatic rings. The van der Waals surface area contributed by atoms with Crippen molar-refractivity contribution in [1.29, 1.82) is 0 Å². The fourth-order valence-corrected chi connectivity index (χ4v) is 3.46. The predicted molar refractivity (Wildman–Crippen MR) is 58.1 cm³/mol. The second-order valence-electron chi connectivity index (χ2n) is 5.61. The highest BCUT2D eigenvalue weighted by molar-refractivity contribution is 5.12. The molecule has 1 saturated heterocycles. The third kappa shape index (κ3) is 1.40. The number of rotatable bonds is 3. The van der Waals surface area contributed by atoms with E-state index in [9.17, 15) is 0 Å². The van der Waals surface area contributed by atoms with Gasteiger partial charge >= 0.3 is 0 Å². The molecule has 1 aliphatic heterocycles. The van der Waals surface area contributed by atoms with Gasteiger partial charge in [-0.15, -0.1) is 0 Å². The van der Waals surface area contributed by atoms with Crippen molar-refractivity contribution in [2.75, 3.05) is 13.1 Å². The van der Waals surface area contributed by atoms with Crippen molar-refractivity contribution >= 4 is 0 Å². The van der Waals surface area contributed by atoms with Gasteiger partial charge in [0.25, 0.3) is 0 Å². The van der Waals surface area contributed by atoms with E-state index in [2.05, 4.69) is 4.90 Å². The van der Waals surface area contributed by atoms with E-state index < -0.39 is 0 Å². The molecule has 0 bridgehead atoms. The van der Waals surface area contributed by atoms with Crippen molar-refractivity contribution in [3.05, 3.63) is 0 Å². The van der Waals surface area contributed by atoms with Gasteiger partial charge in [-0.3, -0.25) is 4.90 Å². The quantitative estimate of drug-likeness (QED) is 0.741. The molecule has 0 spiro atoms. The molecule has 0 aromatic carbocycles. The number of hydrogen-bond donors (Lipinski definition) is 1. The molecule has 1 unspecified atom stereocenters. The SMILES string of the molecule is NC1(C(C2CCCC2)N2CCC2)CC1. The topological polar surface area (TPSA) is 29.3 Å². The van der Waals surface area contributed by atoms with Crippen LogP contribution < -0.4 is 5.73 Å². The lowest BCUT2D eigenvalue weighted by atomic mass is 9.87. The summed E-state index contributed by atoms with van der Waals surface area (Å²) in [6, 6.07) is 0.749. The lowest BCUT2D eigenvalue weighted by Gasteiger charge is -2.45. The summed E-state index contributed by atoms with van der Waals surface area (Å²) in [7, 11) is 0. The molecular weight excluding hydrogens is 172 g/mol. The summed E-state index contributed by atoms with van der Waals surface area (Å²) in [5.41, 5.74) is 6.67. The maximum atomic E-state index is 6.44. The Morgan fingerprint density at radius 3 is 2.14 bits per heavy atom. The maximum Gasteiger partial charge on any atom is 0.0316 e. The summed E-state index contributed by atoms with van der Waals surface area (Å²) in [6.07, 6.45) is 9.76. The number of nitrogens with zero attached hydrogens (tertiary/aromatic N) is 1. The largest absolute Gasteiger partial charge is 0.324 e. The first-order valence-corrected chi connectivity index (χ1v) is 6.32. The van der Waals surface area contributed by atoms with E-state index in [4.69, 9.17) is 5.73 Å². The minimum absolute atomic E-state index is 0.232. The zero-order valence-corrected chi connectivity index (χ0v) is 9.04. The Morgan fingerprint density at radius 1 is 1.07 bits per heavy atom. The number of nitrogens with two attached hydrogens (primary N) is 1. The van der Waals surface area contributed by atoms with Gasteiger partial charge in [-0.05, 0) is 51.1 Å². The number of hydrogen-bond acceptors (Lipinski definition) is 2. The normalized spacial score (nSPS) is 34.1. The van der Waals surface area contributed by atoms with Crippen molar-refractivity contribution in [2.24, 2.45) is 11.7 Å². The summed E-state index contributed by atoms with van der Waals surface area (Å²) >= 11 is 0. The first-order valence-electron chi connectivity index (χ1n) is 6.32. The van der Waals surface area contributed by atoms with Gasteiger partial charge in [0.2, 0.25) is 0 Å². The zero-order valence-electron chi connectivity index (χ0n) is 9.04. The third-order valence-corrected chi connectivity index (χ3v) is 4.55. The van der Waals surface area contributed by atoms with E-state index in [0.717, 1.165) is 12.0 Å². The van der Waals surface area contributed by atoms with Gasteiger partial charge in [0.1, 0.15) is 0 Å². The molecule has 1 heterocycles. The van der Waals surface area contributed by atoms with E-state index in [1.54, 1.807) is 0 Å². The van der Waals surface area contributed by atoms with Crippen LogP contribution in [0.25, 0.3) is 0 Å². The molecule has 2 N–H and O–H groups in total. The van der Waals surface area contributed by atoms with Crippen LogP contribution in [-0.4, -0.2) is 29.6 Å². The molecule has 3 rings (SSSR count). The molecule has 0 aromatic rings. The molecule has 1 atom stereocenters. The Hall–Kier alpha value is -0.0800. The molecular formula is C12H22N2. The van der Waals surface area contributed by atoms with E-state index in [1.807, 2.05) is 0 Å². The fraction of sp³-hybridized carbons (Fsp3) is 1.00. The average Bonchev–Trinajstić information content (AvgIpc) is 2.66. The Labute approximate surface area is 86.8 Å². The molecule has 2 heteroatoms. The van der Waals surface area contributed by atoms with Gasteiger partial charge in [-0.1, -0.05) is 12.8 Å². The summed E-state index contributed by atoms with van der Waals surface area (Å²) < 4.78 is 0. The minimum atomic E-state index is 0.232. The molecule has 2 aliphatic carbocycles. The predicted octanol–water partition coefficient (Wildman–Crippen LogP) is 1.74. The summed E-state index contributed by atoms with van der Waals surface area (Å²) in [6.45, 7) is 2.64. The Bertz CT molecular complexity index is 212. The minimum Gasteiger partial charge on any atom is -0.324 e. The average molecular weight is 194 g/mol. The van der Waals surface area contributed by atoms with Gasteiger partial charge < -0.3 is 5.73 Å². The van der Waals surface area contributed by atoms with Crippen LogP contribution in [-0.2, 0) is 0 Å². The van der Waals surface area contributed by atoms with E-state index in [-0.39, 0.29) is 5.54 Å². The fourth-order valence-electron chi connectivity index (χ4n) is 3.46. The van der Waals surface area contributed by atoms with Crippen LogP contribution in [0.5, 0.6) is 0 Å². The molecule has 3 fully saturated rings. The third-order valence-electron chi connectivity index (χ3n) is 4.55. The highest BCUT2D eigenvalue weighted by atomic mass is 15.2. The second kappa shape index (κ2) is 3.21. The van der Waals surface area contributed by atoms with Crippen LogP contribution in [0.4, 0.5) is 0 Å². The molecule has 80 valence electrons. The van der Waals surface area contributed by atoms with Gasteiger partial charge in [0, 0.05) is 11.6 Å². The molecule has 0 aromatic heterocycles. The molecule has 2 saturated carbocycles. The Balaban J connectivity index is 1.73. The van der Waals surface area contributed by atoms with Crippen LogP contribution in [0.15, 0.2) is 0 Å². The van der Waals surface area contributed by atoms with Crippen molar-refractivity contribution < 1.29 is 0 Å². The van der Waals surface area contributed by atoms with Crippen LogP contribution >= 0.6 is 0 Å². The summed E-state index contributed by atoms with van der Waals surface area (Å²) in [4.78, 5) is 2.67. The van der Waals surface area contributed by atoms with Crippen LogP contribution in [0.1, 0.15) is 44.9 Å². The van der Waals surface area contributed by atoms with E-state index in [0.29, 0.717) is 0 Å². The van der Waals surface area contributed by atoms with Crippen molar-refractivity contribution in [3.8, 4) is 0 Å². The number of likely N-dealkylation sites (tertiary alicyclic amines) is 1. The molecule has 0 amide bonds. The summed E-state index contributed by atoms with van der Waals surface area (Å²) in [5.74, 6) is 0.933. The lowest BCUT2D eigenvalue weighted by molar-refractivity contribution is 0.0547. The van der Waals surface area contributed by atoms with Gasteiger partial charge in [-0.2, -0.15) is 0 Å². The molecule has 2 nitrogen and oxygen atoms in total. The highest BCUT2D eigenvalue weighted by Gasteiger charge is 2.52. The Kier molecular flexibility index (Phi) is 2.10. The highest BCUT2D eigenvalue weighted by Crippen LogP contribution is 2.46. The van der Waals surface area contributed by atoms with E-state index >= 15 is 0 Å². The monoisotopic (exact) mass is 194 g/mol. The standard InChI is InChI=1S/C12H22N2/c13-12(6-7-12)11(14-8-3-9-14)10-4-1-2-5-10/h10-11H,1-9,13H2. The first-order chi connectivity index (χ1) is 6.80. The maximum absolute atomic E-state index is 6.44. The second-order valence-corrected chi connectivity index (χ2v) is 5.61. The van der Waals surface area contributed by atoms with Crippen molar-refractivity contribution in [3.63, 3.8) is 0 Å². The van der Waals surface area contributed by atoms with Gasteiger partial charge in [0.15, 0.2) is 0 Å². The van der Waals surface area contributed by atoms with Crippen LogP contribution in [0.2, 0.25) is 0 Å². The molecule has 0 radical (unpaired) electrons. The first kappa shape index (κ1) is 9.17. The Morgan fingerprint density at radius 2 is 1.71 bits per heavy atom. The van der Waals surface area contributed by atoms with E-state index in [1.165, 1.54) is 58.0 Å².